The van der Waals surface area contributed by atoms with Crippen LogP contribution >= 0.6 is 11.8 Å². The second-order valence-electron chi connectivity index (χ2n) is 6.49. The number of rotatable bonds is 9. The number of carbonyl (C=O) groups excluding carboxylic acids is 2. The molecule has 0 spiro atoms. The third-order valence-corrected chi connectivity index (χ3v) is 5.38. The summed E-state index contributed by atoms with van der Waals surface area (Å²) in [6.07, 6.45) is 0.771. The molecule has 156 valence electrons. The fraction of sp³-hybridized carbons (Fsp3) is 0.238. The van der Waals surface area contributed by atoms with Crippen LogP contribution < -0.4 is 10.6 Å². The standard InChI is InChI=1S/C21H22FN5O2S/c1-27-18(13-24-20(29)16-9-5-6-10-17(16)22)25-26-21(27)30-14-19(28)23-12-11-15-7-3-2-4-8-15/h2-10H,11-14H2,1H3,(H,23,28)(H,24,29). The first-order valence-corrected chi connectivity index (χ1v) is 10.4. The van der Waals surface area contributed by atoms with Crippen LogP contribution in [0, 0.1) is 5.82 Å². The van der Waals surface area contributed by atoms with E-state index in [2.05, 4.69) is 20.8 Å². The molecule has 0 saturated carbocycles. The molecule has 0 atom stereocenters. The summed E-state index contributed by atoms with van der Waals surface area (Å²) < 4.78 is 15.4. The van der Waals surface area contributed by atoms with E-state index < -0.39 is 11.7 Å². The highest BCUT2D eigenvalue weighted by atomic mass is 32.2. The first-order valence-electron chi connectivity index (χ1n) is 9.39. The highest BCUT2D eigenvalue weighted by Crippen LogP contribution is 2.15. The quantitative estimate of drug-likeness (QED) is 0.512. The smallest absolute Gasteiger partial charge is 0.254 e. The molecule has 0 aliphatic carbocycles. The number of hydrogen-bond acceptors (Lipinski definition) is 5. The highest BCUT2D eigenvalue weighted by molar-refractivity contribution is 7.99. The van der Waals surface area contributed by atoms with Crippen molar-refractivity contribution in [3.05, 3.63) is 77.4 Å². The van der Waals surface area contributed by atoms with Gasteiger partial charge in [-0.15, -0.1) is 10.2 Å². The Labute approximate surface area is 178 Å². The average Bonchev–Trinajstić information content (AvgIpc) is 3.11. The molecule has 3 aromatic rings. The molecule has 0 unspecified atom stereocenters. The SMILES string of the molecule is Cn1c(CNC(=O)c2ccccc2F)nnc1SCC(=O)NCCc1ccccc1. The fourth-order valence-electron chi connectivity index (χ4n) is 2.70. The van der Waals surface area contributed by atoms with Crippen molar-refractivity contribution in [3.63, 3.8) is 0 Å². The lowest BCUT2D eigenvalue weighted by atomic mass is 10.1. The van der Waals surface area contributed by atoms with Crippen LogP contribution in [0.3, 0.4) is 0 Å². The molecule has 1 heterocycles. The molecule has 2 N–H and O–H groups in total. The summed E-state index contributed by atoms with van der Waals surface area (Å²) in [5, 5.41) is 14.2. The van der Waals surface area contributed by atoms with Gasteiger partial charge in [0.25, 0.3) is 5.91 Å². The fourth-order valence-corrected chi connectivity index (χ4v) is 3.46. The van der Waals surface area contributed by atoms with E-state index in [9.17, 15) is 14.0 Å². The van der Waals surface area contributed by atoms with Gasteiger partial charge in [-0.25, -0.2) is 4.39 Å². The Balaban J connectivity index is 1.44. The van der Waals surface area contributed by atoms with E-state index in [-0.39, 0.29) is 23.8 Å². The molecule has 1 aromatic heterocycles. The molecule has 0 saturated heterocycles. The van der Waals surface area contributed by atoms with Crippen LogP contribution in [-0.4, -0.2) is 38.9 Å². The molecule has 30 heavy (non-hydrogen) atoms. The number of carbonyl (C=O) groups is 2. The number of benzene rings is 2. The van der Waals surface area contributed by atoms with E-state index >= 15 is 0 Å². The first-order chi connectivity index (χ1) is 14.5. The van der Waals surface area contributed by atoms with E-state index in [0.717, 1.165) is 6.42 Å². The molecule has 2 aromatic carbocycles. The Morgan fingerprint density at radius 1 is 1.03 bits per heavy atom. The van der Waals surface area contributed by atoms with Crippen molar-refractivity contribution < 1.29 is 14.0 Å². The van der Waals surface area contributed by atoms with Crippen molar-refractivity contribution in [1.29, 1.82) is 0 Å². The molecule has 3 rings (SSSR count). The average molecular weight is 428 g/mol. The van der Waals surface area contributed by atoms with Gasteiger partial charge in [-0.3, -0.25) is 9.59 Å². The van der Waals surface area contributed by atoms with Gasteiger partial charge >= 0.3 is 0 Å². The van der Waals surface area contributed by atoms with Gasteiger partial charge in [-0.2, -0.15) is 0 Å². The Morgan fingerprint density at radius 2 is 1.77 bits per heavy atom. The van der Waals surface area contributed by atoms with Crippen molar-refractivity contribution in [1.82, 2.24) is 25.4 Å². The molecule has 0 aliphatic heterocycles. The molecule has 0 fully saturated rings. The summed E-state index contributed by atoms with van der Waals surface area (Å²) in [5.74, 6) is -0.479. The van der Waals surface area contributed by atoms with Gasteiger partial charge in [0.05, 0.1) is 17.9 Å². The van der Waals surface area contributed by atoms with Crippen LogP contribution in [0.5, 0.6) is 0 Å². The topological polar surface area (TPSA) is 88.9 Å². The zero-order chi connectivity index (χ0) is 21.3. The Bertz CT molecular complexity index is 1010. The van der Waals surface area contributed by atoms with Gasteiger partial charge < -0.3 is 15.2 Å². The Kier molecular flexibility index (Phi) is 7.56. The lowest BCUT2D eigenvalue weighted by Crippen LogP contribution is -2.27. The predicted octanol–water partition coefficient (Wildman–Crippen LogP) is 2.34. The lowest BCUT2D eigenvalue weighted by molar-refractivity contribution is -0.118. The summed E-state index contributed by atoms with van der Waals surface area (Å²) in [7, 11) is 1.75. The van der Waals surface area contributed by atoms with E-state index in [1.165, 1.54) is 35.5 Å². The Morgan fingerprint density at radius 3 is 2.53 bits per heavy atom. The van der Waals surface area contributed by atoms with Crippen LogP contribution in [0.1, 0.15) is 21.7 Å². The summed E-state index contributed by atoms with van der Waals surface area (Å²) in [4.78, 5) is 24.2. The van der Waals surface area contributed by atoms with E-state index in [1.54, 1.807) is 17.7 Å². The minimum atomic E-state index is -0.581. The monoisotopic (exact) mass is 427 g/mol. The number of amides is 2. The number of hydrogen-bond donors (Lipinski definition) is 2. The maximum atomic E-state index is 13.7. The molecule has 9 heteroatoms. The van der Waals surface area contributed by atoms with Crippen LogP contribution in [0.25, 0.3) is 0 Å². The van der Waals surface area contributed by atoms with E-state index in [4.69, 9.17) is 0 Å². The van der Waals surface area contributed by atoms with E-state index in [0.29, 0.717) is 17.5 Å². The normalized spacial score (nSPS) is 10.6. The van der Waals surface area contributed by atoms with Gasteiger partial charge in [0, 0.05) is 13.6 Å². The minimum absolute atomic E-state index is 0.0264. The van der Waals surface area contributed by atoms with Crippen LogP contribution in [0.15, 0.2) is 59.8 Å². The summed E-state index contributed by atoms with van der Waals surface area (Å²) in [6, 6.07) is 15.7. The zero-order valence-electron chi connectivity index (χ0n) is 16.5. The highest BCUT2D eigenvalue weighted by Gasteiger charge is 2.14. The zero-order valence-corrected chi connectivity index (χ0v) is 17.3. The molecule has 2 amide bonds. The van der Waals surface area contributed by atoms with Crippen LogP contribution in [0.2, 0.25) is 0 Å². The number of thioether (sulfide) groups is 1. The summed E-state index contributed by atoms with van der Waals surface area (Å²) >= 11 is 1.26. The molecule has 0 aliphatic rings. The van der Waals surface area contributed by atoms with Crippen molar-refractivity contribution in [2.75, 3.05) is 12.3 Å². The molecule has 7 nitrogen and oxygen atoms in total. The second kappa shape index (κ2) is 10.5. The van der Waals surface area contributed by atoms with Gasteiger partial charge in [0.15, 0.2) is 11.0 Å². The first kappa shape index (κ1) is 21.5. The molecule has 0 radical (unpaired) electrons. The summed E-state index contributed by atoms with van der Waals surface area (Å²) in [5.41, 5.74) is 1.14. The van der Waals surface area contributed by atoms with Gasteiger partial charge in [-0.05, 0) is 24.1 Å². The number of aromatic nitrogens is 3. The third kappa shape index (κ3) is 5.90. The lowest BCUT2D eigenvalue weighted by Gasteiger charge is -2.07. The number of halogens is 1. The minimum Gasteiger partial charge on any atom is -0.355 e. The summed E-state index contributed by atoms with van der Waals surface area (Å²) in [6.45, 7) is 0.663. The van der Waals surface area contributed by atoms with Gasteiger partial charge in [0.2, 0.25) is 5.91 Å². The maximum Gasteiger partial charge on any atom is 0.254 e. The third-order valence-electron chi connectivity index (χ3n) is 4.36. The predicted molar refractivity (Wildman–Crippen MR) is 112 cm³/mol. The molecular weight excluding hydrogens is 405 g/mol. The van der Waals surface area contributed by atoms with Gasteiger partial charge in [0.1, 0.15) is 5.82 Å². The van der Waals surface area contributed by atoms with Crippen LogP contribution in [-0.2, 0) is 24.8 Å². The second-order valence-corrected chi connectivity index (χ2v) is 7.44. The van der Waals surface area contributed by atoms with Gasteiger partial charge in [-0.1, -0.05) is 54.2 Å². The van der Waals surface area contributed by atoms with Crippen molar-refractivity contribution in [2.24, 2.45) is 7.05 Å². The van der Waals surface area contributed by atoms with Crippen molar-refractivity contribution in [2.45, 2.75) is 18.1 Å². The van der Waals surface area contributed by atoms with Crippen molar-refractivity contribution >= 4 is 23.6 Å². The van der Waals surface area contributed by atoms with Crippen LogP contribution in [0.4, 0.5) is 4.39 Å². The number of nitrogens with one attached hydrogen (secondary N) is 2. The number of nitrogens with zero attached hydrogens (tertiary/aromatic N) is 3. The Hall–Kier alpha value is -3.20. The molecular formula is C21H22FN5O2S. The van der Waals surface area contributed by atoms with E-state index in [1.807, 2.05) is 30.3 Å². The van der Waals surface area contributed by atoms with Crippen molar-refractivity contribution in [3.8, 4) is 0 Å². The molecule has 0 bridgehead atoms. The maximum absolute atomic E-state index is 13.7. The largest absolute Gasteiger partial charge is 0.355 e.